The molecule has 4 aromatic rings. The maximum Gasteiger partial charge on any atom is 0.573 e. The Labute approximate surface area is 170 Å². The zero-order chi connectivity index (χ0) is 20.9. The molecule has 5 nitrogen and oxygen atoms in total. The Morgan fingerprint density at radius 1 is 1.10 bits per heavy atom. The van der Waals surface area contributed by atoms with Gasteiger partial charge in [-0.1, -0.05) is 23.2 Å². The van der Waals surface area contributed by atoms with Crippen LogP contribution < -0.4 is 4.74 Å². The van der Waals surface area contributed by atoms with Crippen LogP contribution in [0, 0.1) is 0 Å². The summed E-state index contributed by atoms with van der Waals surface area (Å²) in [7, 11) is 0. The molecule has 0 amide bonds. The fourth-order valence-corrected chi connectivity index (χ4v) is 3.45. The van der Waals surface area contributed by atoms with Crippen molar-refractivity contribution in [3.63, 3.8) is 0 Å². The molecule has 1 N–H and O–H groups in total. The van der Waals surface area contributed by atoms with Crippen molar-refractivity contribution in [1.82, 2.24) is 4.98 Å². The van der Waals surface area contributed by atoms with Gasteiger partial charge in [0.25, 0.3) is 0 Å². The average molecular weight is 442 g/mol. The lowest BCUT2D eigenvalue weighted by Crippen LogP contribution is -2.17. The molecule has 0 aliphatic carbocycles. The highest BCUT2D eigenvalue weighted by Gasteiger charge is 2.31. The number of fused-ring (bicyclic) bond motifs is 2. The van der Waals surface area contributed by atoms with Crippen LogP contribution in [-0.4, -0.2) is 22.4 Å². The number of pyridine rings is 1. The van der Waals surface area contributed by atoms with Gasteiger partial charge < -0.3 is 14.3 Å². The van der Waals surface area contributed by atoms with Crippen molar-refractivity contribution in [2.75, 3.05) is 0 Å². The smallest absolute Gasteiger partial charge is 0.478 e. The number of furan rings is 1. The minimum Gasteiger partial charge on any atom is -0.478 e. The number of carboxylic acid groups (broad SMARTS) is 1. The zero-order valence-corrected chi connectivity index (χ0v) is 15.6. The van der Waals surface area contributed by atoms with E-state index in [9.17, 15) is 23.1 Å². The number of hydrogen-bond donors (Lipinski definition) is 1. The summed E-state index contributed by atoms with van der Waals surface area (Å²) in [5.74, 6) is -1.67. The SMILES string of the molecule is O=C(O)c1cc(-c2cc3cc(Cl)cc(Cl)c3o2)nc2ccc(OC(F)(F)F)cc12. The fourth-order valence-electron chi connectivity index (χ4n) is 2.91. The molecule has 148 valence electrons. The Hall–Kier alpha value is -2.97. The minimum absolute atomic E-state index is 0.0137. The molecule has 0 spiro atoms. The second-order valence-corrected chi connectivity index (χ2v) is 6.85. The first-order valence-corrected chi connectivity index (χ1v) is 8.69. The molecule has 2 aromatic carbocycles. The van der Waals surface area contributed by atoms with E-state index in [4.69, 9.17) is 27.6 Å². The molecular formula is C19H8Cl2F3NO4. The summed E-state index contributed by atoms with van der Waals surface area (Å²) < 4.78 is 46.9. The summed E-state index contributed by atoms with van der Waals surface area (Å²) in [6.07, 6.45) is -4.90. The molecule has 2 heterocycles. The second-order valence-electron chi connectivity index (χ2n) is 6.00. The maximum absolute atomic E-state index is 12.5. The first kappa shape index (κ1) is 19.4. The van der Waals surface area contributed by atoms with Crippen LogP contribution in [0.5, 0.6) is 5.75 Å². The molecule has 0 saturated carbocycles. The van der Waals surface area contributed by atoms with Crippen LogP contribution in [0.25, 0.3) is 33.3 Å². The third-order valence-electron chi connectivity index (χ3n) is 4.03. The van der Waals surface area contributed by atoms with E-state index in [1.807, 2.05) is 0 Å². The third-order valence-corrected chi connectivity index (χ3v) is 4.53. The van der Waals surface area contributed by atoms with Crippen LogP contribution in [0.1, 0.15) is 10.4 Å². The molecule has 0 saturated heterocycles. The van der Waals surface area contributed by atoms with Crippen molar-refractivity contribution in [1.29, 1.82) is 0 Å². The third kappa shape index (κ3) is 3.81. The number of aromatic nitrogens is 1. The van der Waals surface area contributed by atoms with Crippen LogP contribution in [0.4, 0.5) is 13.2 Å². The average Bonchev–Trinajstić information content (AvgIpc) is 3.03. The number of alkyl halides is 3. The number of carboxylic acids is 1. The van der Waals surface area contributed by atoms with Gasteiger partial charge in [-0.2, -0.15) is 0 Å². The van der Waals surface area contributed by atoms with E-state index in [0.29, 0.717) is 16.0 Å². The highest BCUT2D eigenvalue weighted by atomic mass is 35.5. The monoisotopic (exact) mass is 441 g/mol. The van der Waals surface area contributed by atoms with Gasteiger partial charge in [-0.05, 0) is 42.5 Å². The summed E-state index contributed by atoms with van der Waals surface area (Å²) in [5, 5.41) is 10.8. The Bertz CT molecular complexity index is 1280. The topological polar surface area (TPSA) is 72.6 Å². The van der Waals surface area contributed by atoms with Gasteiger partial charge in [0.05, 0.1) is 16.1 Å². The summed E-state index contributed by atoms with van der Waals surface area (Å²) in [4.78, 5) is 16.0. The predicted octanol–water partition coefficient (Wildman–Crippen LogP) is 6.55. The van der Waals surface area contributed by atoms with E-state index in [1.54, 1.807) is 12.1 Å². The predicted molar refractivity (Wildman–Crippen MR) is 101 cm³/mol. The van der Waals surface area contributed by atoms with Gasteiger partial charge >= 0.3 is 12.3 Å². The normalized spacial score (nSPS) is 11.9. The molecule has 29 heavy (non-hydrogen) atoms. The van der Waals surface area contributed by atoms with E-state index < -0.39 is 18.1 Å². The Morgan fingerprint density at radius 2 is 1.86 bits per heavy atom. The van der Waals surface area contributed by atoms with Crippen LogP contribution in [0.2, 0.25) is 10.0 Å². The number of rotatable bonds is 3. The first-order valence-electron chi connectivity index (χ1n) is 7.93. The van der Waals surface area contributed by atoms with Crippen molar-refractivity contribution < 1.29 is 32.2 Å². The van der Waals surface area contributed by atoms with E-state index in [0.717, 1.165) is 12.1 Å². The van der Waals surface area contributed by atoms with Crippen molar-refractivity contribution in [3.05, 3.63) is 58.1 Å². The minimum atomic E-state index is -4.90. The summed E-state index contributed by atoms with van der Waals surface area (Å²) in [6, 6.07) is 9.17. The zero-order valence-electron chi connectivity index (χ0n) is 14.1. The lowest BCUT2D eigenvalue weighted by atomic mass is 10.1. The van der Waals surface area contributed by atoms with E-state index in [2.05, 4.69) is 9.72 Å². The van der Waals surface area contributed by atoms with Gasteiger partial charge in [-0.25, -0.2) is 9.78 Å². The lowest BCUT2D eigenvalue weighted by molar-refractivity contribution is -0.274. The van der Waals surface area contributed by atoms with Crippen LogP contribution in [0.3, 0.4) is 0 Å². The fraction of sp³-hybridized carbons (Fsp3) is 0.0526. The number of hydrogen-bond acceptors (Lipinski definition) is 4. The molecule has 0 unspecified atom stereocenters. The number of carbonyl (C=O) groups is 1. The molecule has 0 atom stereocenters. The first-order chi connectivity index (χ1) is 13.6. The van der Waals surface area contributed by atoms with Crippen molar-refractivity contribution in [2.24, 2.45) is 0 Å². The summed E-state index contributed by atoms with van der Waals surface area (Å²) in [6.45, 7) is 0. The standard InChI is InChI=1S/C19H8Cl2F3NO4/c20-9-3-8-4-16(28-17(8)13(21)5-9)15-7-12(18(26)27)11-6-10(29-19(22,23)24)1-2-14(11)25-15/h1-7H,(H,26,27). The Balaban J connectivity index is 1.89. The van der Waals surface area contributed by atoms with Crippen molar-refractivity contribution >= 4 is 51.0 Å². The van der Waals surface area contributed by atoms with E-state index >= 15 is 0 Å². The van der Waals surface area contributed by atoms with Crippen LogP contribution in [-0.2, 0) is 0 Å². The summed E-state index contributed by atoms with van der Waals surface area (Å²) >= 11 is 12.1. The van der Waals surface area contributed by atoms with E-state index in [1.165, 1.54) is 18.2 Å². The molecule has 0 radical (unpaired) electrons. The Kier molecular flexibility index (Phi) is 4.55. The molecular weight excluding hydrogens is 434 g/mol. The number of aromatic carboxylic acids is 1. The number of nitrogens with zero attached hydrogens (tertiary/aromatic N) is 1. The van der Waals surface area contributed by atoms with Crippen molar-refractivity contribution in [3.8, 4) is 17.2 Å². The molecule has 0 bridgehead atoms. The molecule has 4 rings (SSSR count). The maximum atomic E-state index is 12.5. The molecule has 10 heteroatoms. The molecule has 0 aliphatic heterocycles. The van der Waals surface area contributed by atoms with Gasteiger partial charge in [0, 0.05) is 15.8 Å². The van der Waals surface area contributed by atoms with Gasteiger partial charge in [-0.3, -0.25) is 0 Å². The van der Waals surface area contributed by atoms with Crippen LogP contribution in [0.15, 0.2) is 46.9 Å². The van der Waals surface area contributed by atoms with Crippen LogP contribution >= 0.6 is 23.2 Å². The highest BCUT2D eigenvalue weighted by Crippen LogP contribution is 2.36. The van der Waals surface area contributed by atoms with Crippen molar-refractivity contribution in [2.45, 2.75) is 6.36 Å². The van der Waals surface area contributed by atoms with Gasteiger partial charge in [0.2, 0.25) is 0 Å². The van der Waals surface area contributed by atoms with E-state index in [-0.39, 0.29) is 32.9 Å². The van der Waals surface area contributed by atoms with Gasteiger partial charge in [0.15, 0.2) is 11.3 Å². The summed E-state index contributed by atoms with van der Waals surface area (Å²) in [5.41, 5.74) is 0.405. The number of ether oxygens (including phenoxy) is 1. The molecule has 2 aromatic heterocycles. The van der Waals surface area contributed by atoms with Gasteiger partial charge in [-0.15, -0.1) is 13.2 Å². The molecule has 0 fully saturated rings. The second kappa shape index (κ2) is 6.82. The quantitative estimate of drug-likeness (QED) is 0.390. The number of benzene rings is 2. The highest BCUT2D eigenvalue weighted by molar-refractivity contribution is 6.38. The lowest BCUT2D eigenvalue weighted by Gasteiger charge is -2.11. The molecule has 0 aliphatic rings. The number of halogens is 5. The van der Waals surface area contributed by atoms with Gasteiger partial charge in [0.1, 0.15) is 11.4 Å². The Morgan fingerprint density at radius 3 is 2.55 bits per heavy atom. The largest absolute Gasteiger partial charge is 0.573 e.